The van der Waals surface area contributed by atoms with Crippen molar-refractivity contribution in [3.05, 3.63) is 47.8 Å². The van der Waals surface area contributed by atoms with Crippen LogP contribution in [0.1, 0.15) is 51.9 Å². The first-order valence-electron chi connectivity index (χ1n) is 9.95. The zero-order chi connectivity index (χ0) is 20.5. The fourth-order valence-electron chi connectivity index (χ4n) is 3.46. The summed E-state index contributed by atoms with van der Waals surface area (Å²) in [5.41, 5.74) is 1.57. The number of piperazine rings is 1. The van der Waals surface area contributed by atoms with Crippen molar-refractivity contribution in [3.63, 3.8) is 0 Å². The molecule has 1 aromatic heterocycles. The molecule has 154 valence electrons. The normalized spacial score (nSPS) is 17.4. The Balaban J connectivity index is 1.77. The van der Waals surface area contributed by atoms with Gasteiger partial charge in [0.05, 0.1) is 5.69 Å². The van der Waals surface area contributed by atoms with Crippen LogP contribution in [0.3, 0.4) is 0 Å². The van der Waals surface area contributed by atoms with E-state index in [9.17, 15) is 8.42 Å². The summed E-state index contributed by atoms with van der Waals surface area (Å²) in [6, 6.07) is 10.4. The van der Waals surface area contributed by atoms with Crippen LogP contribution in [-0.2, 0) is 22.0 Å². The van der Waals surface area contributed by atoms with Gasteiger partial charge in [0.25, 0.3) is 0 Å². The second-order valence-electron chi connectivity index (χ2n) is 8.83. The predicted octanol–water partition coefficient (Wildman–Crippen LogP) is 3.27. The van der Waals surface area contributed by atoms with E-state index < -0.39 is 10.0 Å². The molecule has 2 aromatic rings. The molecule has 28 heavy (non-hydrogen) atoms. The van der Waals surface area contributed by atoms with E-state index in [1.165, 1.54) is 5.56 Å². The minimum atomic E-state index is -3.56. The van der Waals surface area contributed by atoms with E-state index in [1.807, 2.05) is 52.8 Å². The number of sulfonamides is 1. The molecule has 0 saturated carbocycles. The summed E-state index contributed by atoms with van der Waals surface area (Å²) in [6.45, 7) is 13.4. The molecule has 0 N–H and O–H groups in total. The Bertz CT molecular complexity index is 890. The van der Waals surface area contributed by atoms with Crippen molar-refractivity contribution in [3.8, 4) is 0 Å². The Hall–Kier alpha value is -1.70. The molecular weight excluding hydrogens is 372 g/mol. The predicted molar refractivity (Wildman–Crippen MR) is 112 cm³/mol. The minimum Gasteiger partial charge on any atom is -0.296 e. The van der Waals surface area contributed by atoms with Gasteiger partial charge in [-0.1, -0.05) is 51.1 Å². The van der Waals surface area contributed by atoms with Gasteiger partial charge in [-0.25, -0.2) is 8.42 Å². The first kappa shape index (κ1) is 21.0. The molecule has 0 aliphatic carbocycles. The van der Waals surface area contributed by atoms with Gasteiger partial charge in [-0.2, -0.15) is 9.40 Å². The van der Waals surface area contributed by atoms with E-state index in [0.717, 1.165) is 19.6 Å². The molecule has 1 aliphatic heterocycles. The molecule has 0 radical (unpaired) electrons. The van der Waals surface area contributed by atoms with Crippen LogP contribution in [0.15, 0.2) is 41.4 Å². The SMILES string of the molecule is CC(C)n1cc(S(=O)(=O)N2CCN(Cc3ccccc3)CC2)c(C(C)(C)C)n1. The number of aromatic nitrogens is 2. The lowest BCUT2D eigenvalue weighted by atomic mass is 9.92. The standard InChI is InChI=1S/C21H32N4O2S/c1-17(2)25-16-19(20(22-25)21(3,4)5)28(26,27)24-13-11-23(12-14-24)15-18-9-7-6-8-10-18/h6-10,16-17H,11-15H2,1-5H3. The molecule has 0 amide bonds. The van der Waals surface area contributed by atoms with Crippen molar-refractivity contribution in [2.45, 2.75) is 57.5 Å². The summed E-state index contributed by atoms with van der Waals surface area (Å²) in [5, 5.41) is 4.61. The van der Waals surface area contributed by atoms with E-state index in [1.54, 1.807) is 15.2 Å². The second kappa shape index (κ2) is 7.97. The third-order valence-corrected chi connectivity index (χ3v) is 7.04. The highest BCUT2D eigenvalue weighted by Crippen LogP contribution is 2.31. The molecule has 0 bridgehead atoms. The van der Waals surface area contributed by atoms with Crippen molar-refractivity contribution in [2.24, 2.45) is 0 Å². The van der Waals surface area contributed by atoms with E-state index in [2.05, 4.69) is 22.1 Å². The smallest absolute Gasteiger partial charge is 0.246 e. The third kappa shape index (κ3) is 4.47. The monoisotopic (exact) mass is 404 g/mol. The molecular formula is C21H32N4O2S. The maximum absolute atomic E-state index is 13.4. The van der Waals surface area contributed by atoms with Crippen LogP contribution in [0.5, 0.6) is 0 Å². The minimum absolute atomic E-state index is 0.118. The van der Waals surface area contributed by atoms with Crippen molar-refractivity contribution >= 4 is 10.0 Å². The molecule has 1 saturated heterocycles. The van der Waals surface area contributed by atoms with E-state index in [-0.39, 0.29) is 11.5 Å². The van der Waals surface area contributed by atoms with E-state index >= 15 is 0 Å². The number of nitrogens with zero attached hydrogens (tertiary/aromatic N) is 4. The van der Waals surface area contributed by atoms with Crippen LogP contribution >= 0.6 is 0 Å². The van der Waals surface area contributed by atoms with Gasteiger partial charge in [0.15, 0.2) is 0 Å². The fourth-order valence-corrected chi connectivity index (χ4v) is 5.21. The average molecular weight is 405 g/mol. The van der Waals surface area contributed by atoms with Crippen LogP contribution in [0.4, 0.5) is 0 Å². The molecule has 3 rings (SSSR count). The summed E-state index contributed by atoms with van der Waals surface area (Å²) in [7, 11) is -3.56. The molecule has 7 heteroatoms. The van der Waals surface area contributed by atoms with Gasteiger partial charge in [0.1, 0.15) is 4.90 Å². The first-order valence-corrected chi connectivity index (χ1v) is 11.4. The van der Waals surface area contributed by atoms with Gasteiger partial charge in [0, 0.05) is 50.4 Å². The van der Waals surface area contributed by atoms with Crippen LogP contribution in [-0.4, -0.2) is 53.6 Å². The van der Waals surface area contributed by atoms with Crippen LogP contribution < -0.4 is 0 Å². The summed E-state index contributed by atoms with van der Waals surface area (Å²) in [4.78, 5) is 2.66. The Morgan fingerprint density at radius 1 is 1.04 bits per heavy atom. The Labute approximate surface area is 169 Å². The number of rotatable bonds is 5. The first-order chi connectivity index (χ1) is 13.1. The number of hydrogen-bond acceptors (Lipinski definition) is 4. The molecule has 0 unspecified atom stereocenters. The van der Waals surface area contributed by atoms with Crippen LogP contribution in [0, 0.1) is 0 Å². The lowest BCUT2D eigenvalue weighted by Crippen LogP contribution is -2.48. The zero-order valence-corrected chi connectivity index (χ0v) is 18.4. The van der Waals surface area contributed by atoms with Crippen molar-refractivity contribution in [2.75, 3.05) is 26.2 Å². The van der Waals surface area contributed by atoms with Gasteiger partial charge in [-0.15, -0.1) is 0 Å². The molecule has 2 heterocycles. The lowest BCUT2D eigenvalue weighted by molar-refractivity contribution is 0.181. The van der Waals surface area contributed by atoms with Crippen molar-refractivity contribution in [1.29, 1.82) is 0 Å². The van der Waals surface area contributed by atoms with Crippen molar-refractivity contribution in [1.82, 2.24) is 19.0 Å². The Kier molecular flexibility index (Phi) is 5.98. The summed E-state index contributed by atoms with van der Waals surface area (Å²) in [5.74, 6) is 0. The van der Waals surface area contributed by atoms with Crippen LogP contribution in [0.25, 0.3) is 0 Å². The summed E-state index contributed by atoms with van der Waals surface area (Å²) < 4.78 is 30.2. The average Bonchev–Trinajstić information content (AvgIpc) is 3.10. The number of benzene rings is 1. The van der Waals surface area contributed by atoms with Crippen LogP contribution in [0.2, 0.25) is 0 Å². The highest BCUT2D eigenvalue weighted by atomic mass is 32.2. The molecule has 0 atom stereocenters. The van der Waals surface area contributed by atoms with Gasteiger partial charge in [0.2, 0.25) is 10.0 Å². The second-order valence-corrected chi connectivity index (χ2v) is 10.7. The Morgan fingerprint density at radius 2 is 1.64 bits per heavy atom. The maximum Gasteiger partial charge on any atom is 0.246 e. The largest absolute Gasteiger partial charge is 0.296 e. The molecule has 1 aromatic carbocycles. The van der Waals surface area contributed by atoms with Gasteiger partial charge in [-0.3, -0.25) is 9.58 Å². The zero-order valence-electron chi connectivity index (χ0n) is 17.6. The molecule has 6 nitrogen and oxygen atoms in total. The summed E-state index contributed by atoms with van der Waals surface area (Å²) >= 11 is 0. The van der Waals surface area contributed by atoms with E-state index in [0.29, 0.717) is 23.7 Å². The fraction of sp³-hybridized carbons (Fsp3) is 0.571. The molecule has 1 aliphatic rings. The topological polar surface area (TPSA) is 58.4 Å². The van der Waals surface area contributed by atoms with Gasteiger partial charge >= 0.3 is 0 Å². The molecule has 1 fully saturated rings. The summed E-state index contributed by atoms with van der Waals surface area (Å²) in [6.07, 6.45) is 1.71. The molecule has 0 spiro atoms. The third-order valence-electron chi connectivity index (χ3n) is 5.14. The van der Waals surface area contributed by atoms with E-state index in [4.69, 9.17) is 0 Å². The quantitative estimate of drug-likeness (QED) is 0.767. The van der Waals surface area contributed by atoms with Crippen molar-refractivity contribution < 1.29 is 8.42 Å². The highest BCUT2D eigenvalue weighted by molar-refractivity contribution is 7.89. The lowest BCUT2D eigenvalue weighted by Gasteiger charge is -2.34. The van der Waals surface area contributed by atoms with Gasteiger partial charge < -0.3 is 0 Å². The highest BCUT2D eigenvalue weighted by Gasteiger charge is 2.35. The van der Waals surface area contributed by atoms with Gasteiger partial charge in [-0.05, 0) is 19.4 Å². The maximum atomic E-state index is 13.4. The Morgan fingerprint density at radius 3 is 2.18 bits per heavy atom. The number of hydrogen-bond donors (Lipinski definition) is 0.